The highest BCUT2D eigenvalue weighted by atomic mass is 35.5. The van der Waals surface area contributed by atoms with Gasteiger partial charge in [-0.1, -0.05) is 41.9 Å². The van der Waals surface area contributed by atoms with Crippen LogP contribution in [0.25, 0.3) is 0 Å². The average Bonchev–Trinajstić information content (AvgIpc) is 2.79. The van der Waals surface area contributed by atoms with Crippen LogP contribution in [0, 0.1) is 6.92 Å². The van der Waals surface area contributed by atoms with E-state index in [0.29, 0.717) is 17.6 Å². The summed E-state index contributed by atoms with van der Waals surface area (Å²) in [6, 6.07) is 20.2. The number of rotatable bonds is 5. The lowest BCUT2D eigenvalue weighted by atomic mass is 10.2. The second-order valence-electron chi connectivity index (χ2n) is 7.43. The molecule has 31 heavy (non-hydrogen) atoms. The molecule has 0 bridgehead atoms. The van der Waals surface area contributed by atoms with Gasteiger partial charge in [-0.25, -0.2) is 4.98 Å². The van der Waals surface area contributed by atoms with Gasteiger partial charge in [0.05, 0.1) is 0 Å². The summed E-state index contributed by atoms with van der Waals surface area (Å²) in [6.07, 6.45) is 0. The summed E-state index contributed by atoms with van der Waals surface area (Å²) in [5.41, 5.74) is 3.26. The first-order chi connectivity index (χ1) is 15.1. The van der Waals surface area contributed by atoms with E-state index >= 15 is 0 Å². The Balaban J connectivity index is 1.35. The van der Waals surface area contributed by atoms with Crippen molar-refractivity contribution in [2.24, 2.45) is 0 Å². The number of hydrogen-bond acceptors (Lipinski definition) is 5. The lowest BCUT2D eigenvalue weighted by molar-refractivity contribution is 0.647. The van der Waals surface area contributed by atoms with Crippen molar-refractivity contribution in [2.75, 3.05) is 41.3 Å². The molecular formula is C23H25ClN6S. The molecule has 2 N–H and O–H groups in total. The second-order valence-corrected chi connectivity index (χ2v) is 8.28. The molecule has 0 spiro atoms. The maximum atomic E-state index is 5.93. The van der Waals surface area contributed by atoms with Gasteiger partial charge in [0, 0.05) is 55.2 Å². The Labute approximate surface area is 193 Å². The number of hydrogen-bond donors (Lipinski definition) is 2. The van der Waals surface area contributed by atoms with Crippen LogP contribution in [0.15, 0.2) is 60.7 Å². The van der Waals surface area contributed by atoms with E-state index in [9.17, 15) is 0 Å². The van der Waals surface area contributed by atoms with Crippen LogP contribution in [0.3, 0.4) is 0 Å². The molecule has 0 radical (unpaired) electrons. The van der Waals surface area contributed by atoms with Crippen molar-refractivity contribution in [2.45, 2.75) is 13.5 Å². The Kier molecular flexibility index (Phi) is 6.84. The number of aromatic nitrogens is 2. The normalized spacial score (nSPS) is 13.7. The van der Waals surface area contributed by atoms with Gasteiger partial charge in [-0.15, -0.1) is 0 Å². The molecular weight excluding hydrogens is 428 g/mol. The van der Waals surface area contributed by atoms with Crippen LogP contribution in [0.4, 0.5) is 17.5 Å². The van der Waals surface area contributed by atoms with Gasteiger partial charge >= 0.3 is 0 Å². The van der Waals surface area contributed by atoms with Crippen molar-refractivity contribution < 1.29 is 0 Å². The van der Waals surface area contributed by atoms with Crippen LogP contribution in [0.1, 0.15) is 11.3 Å². The lowest BCUT2D eigenvalue weighted by Crippen LogP contribution is -2.47. The highest BCUT2D eigenvalue weighted by molar-refractivity contribution is 7.80. The van der Waals surface area contributed by atoms with E-state index < -0.39 is 0 Å². The van der Waals surface area contributed by atoms with E-state index in [2.05, 4.69) is 49.7 Å². The van der Waals surface area contributed by atoms with Gasteiger partial charge in [0.15, 0.2) is 5.11 Å². The van der Waals surface area contributed by atoms with E-state index in [4.69, 9.17) is 28.8 Å². The summed E-state index contributed by atoms with van der Waals surface area (Å²) in [5, 5.41) is 7.50. The van der Waals surface area contributed by atoms with Gasteiger partial charge in [-0.2, -0.15) is 4.98 Å². The topological polar surface area (TPSA) is 56.3 Å². The van der Waals surface area contributed by atoms with Crippen molar-refractivity contribution in [3.05, 3.63) is 76.9 Å². The number of para-hydroxylation sites is 1. The zero-order valence-corrected chi connectivity index (χ0v) is 19.0. The van der Waals surface area contributed by atoms with Crippen molar-refractivity contribution in [3.63, 3.8) is 0 Å². The van der Waals surface area contributed by atoms with E-state index in [1.165, 1.54) is 5.69 Å². The Morgan fingerprint density at radius 1 is 0.968 bits per heavy atom. The predicted octanol–water partition coefficient (Wildman–Crippen LogP) is 4.25. The summed E-state index contributed by atoms with van der Waals surface area (Å²) < 4.78 is 0. The maximum Gasteiger partial charge on any atom is 0.231 e. The number of benzene rings is 2. The smallest absolute Gasteiger partial charge is 0.231 e. The van der Waals surface area contributed by atoms with Crippen molar-refractivity contribution in [1.82, 2.24) is 15.3 Å². The van der Waals surface area contributed by atoms with E-state index in [0.717, 1.165) is 48.3 Å². The minimum absolute atomic E-state index is 0.486. The Bertz CT molecular complexity index is 1020. The van der Waals surface area contributed by atoms with Crippen LogP contribution in [0.2, 0.25) is 5.02 Å². The van der Waals surface area contributed by atoms with Crippen molar-refractivity contribution >= 4 is 46.4 Å². The number of anilines is 3. The second kappa shape index (κ2) is 9.94. The number of nitrogens with zero attached hydrogens (tertiary/aromatic N) is 4. The maximum absolute atomic E-state index is 5.93. The number of piperazine rings is 1. The summed E-state index contributed by atoms with van der Waals surface area (Å²) in [7, 11) is 0. The molecule has 1 aliphatic rings. The van der Waals surface area contributed by atoms with Gasteiger partial charge in [0.25, 0.3) is 0 Å². The third-order valence-corrected chi connectivity index (χ3v) is 5.66. The molecule has 2 heterocycles. The molecule has 1 saturated heterocycles. The Morgan fingerprint density at radius 2 is 1.65 bits per heavy atom. The summed E-state index contributed by atoms with van der Waals surface area (Å²) >= 11 is 11.4. The van der Waals surface area contributed by atoms with Crippen LogP contribution in [-0.4, -0.2) is 41.3 Å². The first-order valence-electron chi connectivity index (χ1n) is 10.3. The van der Waals surface area contributed by atoms with Gasteiger partial charge < -0.3 is 20.4 Å². The quantitative estimate of drug-likeness (QED) is 0.561. The summed E-state index contributed by atoms with van der Waals surface area (Å²) in [5.74, 6) is 1.43. The minimum atomic E-state index is 0.486. The molecule has 1 fully saturated rings. The fraction of sp³-hybridized carbons (Fsp3) is 0.261. The van der Waals surface area contributed by atoms with Gasteiger partial charge in [-0.3, -0.25) is 0 Å². The predicted molar refractivity (Wildman–Crippen MR) is 132 cm³/mol. The van der Waals surface area contributed by atoms with Gasteiger partial charge in [0.2, 0.25) is 5.95 Å². The SMILES string of the molecule is Cc1cc(N2CCN(c3ccccc3)CC2)nc(NC(=S)NCc2ccc(Cl)cc2)n1. The molecule has 8 heteroatoms. The van der Waals surface area contributed by atoms with E-state index in [-0.39, 0.29) is 0 Å². The molecule has 6 nitrogen and oxygen atoms in total. The molecule has 0 atom stereocenters. The molecule has 2 aromatic carbocycles. The van der Waals surface area contributed by atoms with Crippen LogP contribution in [-0.2, 0) is 6.54 Å². The summed E-state index contributed by atoms with van der Waals surface area (Å²) in [6.45, 7) is 6.30. The fourth-order valence-electron chi connectivity index (χ4n) is 3.53. The average molecular weight is 453 g/mol. The van der Waals surface area contributed by atoms with E-state index in [1.807, 2.05) is 43.3 Å². The van der Waals surface area contributed by atoms with Crippen LogP contribution >= 0.6 is 23.8 Å². The molecule has 0 amide bonds. The molecule has 160 valence electrons. The largest absolute Gasteiger partial charge is 0.368 e. The first-order valence-corrected chi connectivity index (χ1v) is 11.1. The minimum Gasteiger partial charge on any atom is -0.368 e. The highest BCUT2D eigenvalue weighted by Crippen LogP contribution is 2.20. The summed E-state index contributed by atoms with van der Waals surface area (Å²) in [4.78, 5) is 13.9. The molecule has 0 unspecified atom stereocenters. The molecule has 1 aromatic heterocycles. The molecule has 0 aliphatic carbocycles. The van der Waals surface area contributed by atoms with Gasteiger partial charge in [0.1, 0.15) is 5.82 Å². The molecule has 1 aliphatic heterocycles. The number of aryl methyl sites for hydroxylation is 1. The number of nitrogens with one attached hydrogen (secondary N) is 2. The lowest BCUT2D eigenvalue weighted by Gasteiger charge is -2.36. The Morgan fingerprint density at radius 3 is 2.35 bits per heavy atom. The zero-order valence-electron chi connectivity index (χ0n) is 17.4. The Hall–Kier alpha value is -2.90. The van der Waals surface area contributed by atoms with Crippen molar-refractivity contribution in [3.8, 4) is 0 Å². The molecule has 0 saturated carbocycles. The van der Waals surface area contributed by atoms with E-state index in [1.54, 1.807) is 0 Å². The monoisotopic (exact) mass is 452 g/mol. The standard InChI is InChI=1S/C23H25ClN6S/c1-17-15-21(30-13-11-29(12-14-30)20-5-3-2-4-6-20)27-22(26-17)28-23(31)25-16-18-7-9-19(24)10-8-18/h2-10,15H,11-14,16H2,1H3,(H2,25,26,27,28,31). The third-order valence-electron chi connectivity index (χ3n) is 5.16. The third kappa shape index (κ3) is 5.83. The van der Waals surface area contributed by atoms with Gasteiger partial charge in [-0.05, 0) is 49.0 Å². The fourth-order valence-corrected chi connectivity index (χ4v) is 3.82. The van der Waals surface area contributed by atoms with Crippen LogP contribution < -0.4 is 20.4 Å². The first kappa shape index (κ1) is 21.3. The molecule has 4 rings (SSSR count). The van der Waals surface area contributed by atoms with Crippen molar-refractivity contribution in [1.29, 1.82) is 0 Å². The number of halogens is 1. The zero-order chi connectivity index (χ0) is 21.6. The highest BCUT2D eigenvalue weighted by Gasteiger charge is 2.19. The number of thiocarbonyl (C=S) groups is 1. The van der Waals surface area contributed by atoms with Crippen LogP contribution in [0.5, 0.6) is 0 Å². The molecule has 3 aromatic rings.